The predicted molar refractivity (Wildman–Crippen MR) is 87.6 cm³/mol. The van der Waals surface area contributed by atoms with E-state index in [1.54, 1.807) is 12.4 Å². The van der Waals surface area contributed by atoms with Gasteiger partial charge in [-0.25, -0.2) is 4.99 Å². The van der Waals surface area contributed by atoms with Crippen LogP contribution < -0.4 is 0 Å². The normalized spacial score (nSPS) is 11.4. The van der Waals surface area contributed by atoms with E-state index in [1.807, 2.05) is 24.3 Å². The first-order valence-corrected chi connectivity index (χ1v) is 6.89. The van der Waals surface area contributed by atoms with Crippen LogP contribution in [0.5, 0.6) is 0 Å². The Kier molecular flexibility index (Phi) is 3.53. The number of pyridine rings is 2. The summed E-state index contributed by atoms with van der Waals surface area (Å²) in [4.78, 5) is 13.7. The molecule has 0 aliphatic heterocycles. The number of nitrogens with zero attached hydrogens (tertiary/aromatic N) is 3. The molecule has 0 amide bonds. The number of hydrogen-bond donors (Lipinski definition) is 0. The van der Waals surface area contributed by atoms with Crippen molar-refractivity contribution in [1.82, 2.24) is 9.97 Å². The number of aliphatic imine (C=N–C) groups is 1. The van der Waals surface area contributed by atoms with E-state index >= 15 is 0 Å². The Morgan fingerprint density at radius 3 is 1.86 bits per heavy atom. The van der Waals surface area contributed by atoms with Gasteiger partial charge in [-0.2, -0.15) is 0 Å². The minimum Gasteiger partial charge on any atom is -0.412 e. The van der Waals surface area contributed by atoms with Crippen molar-refractivity contribution in [3.8, 4) is 11.4 Å². The van der Waals surface area contributed by atoms with Crippen LogP contribution in [0.15, 0.2) is 65.9 Å². The van der Waals surface area contributed by atoms with E-state index < -0.39 is 0 Å². The molecule has 0 fully saturated rings. The fraction of sp³-hybridized carbons (Fsp3) is 0.0556. The lowest BCUT2D eigenvalue weighted by Gasteiger charge is -2.01. The van der Waals surface area contributed by atoms with Gasteiger partial charge in [0.2, 0.25) is 0 Å². The van der Waals surface area contributed by atoms with Crippen LogP contribution in [-0.2, 0) is 0 Å². The second-order valence-electron chi connectivity index (χ2n) is 5.10. The van der Waals surface area contributed by atoms with Crippen molar-refractivity contribution in [2.24, 2.45) is 4.99 Å². The monoisotopic (exact) mass is 289 g/mol. The van der Waals surface area contributed by atoms with Gasteiger partial charge in [-0.3, -0.25) is 9.97 Å². The molecule has 4 heteroatoms. The molecule has 0 radical (unpaired) electrons. The predicted octanol–water partition coefficient (Wildman–Crippen LogP) is 3.11. The Bertz CT molecular complexity index is 807. The molecular weight excluding hydrogens is 274 g/mol. The van der Waals surface area contributed by atoms with Crippen molar-refractivity contribution in [2.45, 2.75) is 6.92 Å². The first-order valence-electron chi connectivity index (χ1n) is 6.89. The second-order valence-corrected chi connectivity index (χ2v) is 5.10. The van der Waals surface area contributed by atoms with Crippen LogP contribution in [0.3, 0.4) is 0 Å². The molecule has 2 aromatic heterocycles. The molecule has 0 bridgehead atoms. The molecule has 1 aromatic carbocycles. The van der Waals surface area contributed by atoms with Crippen LogP contribution in [0.25, 0.3) is 11.4 Å². The van der Waals surface area contributed by atoms with Crippen molar-refractivity contribution in [3.05, 3.63) is 77.6 Å². The molecule has 4 nitrogen and oxygen atoms in total. The molecule has 0 spiro atoms. The maximum atomic E-state index is 4.82. The van der Waals surface area contributed by atoms with Crippen LogP contribution in [-0.4, -0.2) is 21.2 Å². The molecule has 108 valence electrons. The second kappa shape index (κ2) is 5.50. The third kappa shape index (κ3) is 2.19. The first kappa shape index (κ1) is 14.1. The highest BCUT2D eigenvalue weighted by molar-refractivity contribution is 6.23. The third-order valence-corrected chi connectivity index (χ3v) is 3.62. The molecule has 0 saturated heterocycles. The number of benzene rings is 1. The van der Waals surface area contributed by atoms with Gasteiger partial charge in [0.15, 0.2) is 0 Å². The van der Waals surface area contributed by atoms with Gasteiger partial charge >= 0.3 is 0 Å². The molecular formula is C18H15N3O. The molecule has 0 saturated carbocycles. The average Bonchev–Trinajstić information content (AvgIpc) is 2.85. The number of rotatable bonds is 1. The third-order valence-electron chi connectivity index (χ3n) is 3.62. The Morgan fingerprint density at radius 1 is 0.773 bits per heavy atom. The molecule has 22 heavy (non-hydrogen) atoms. The minimum absolute atomic E-state index is 0. The standard InChI is InChI=1S/C18H13N3.H2O/c1-12-6-8-13(9-7-12)21-16-14-4-2-10-19-17(14)18-15(16)5-3-11-20-18;/h2-11H,1H3;1H2. The zero-order valence-electron chi connectivity index (χ0n) is 12.1. The van der Waals surface area contributed by atoms with Gasteiger partial charge < -0.3 is 5.48 Å². The zero-order valence-corrected chi connectivity index (χ0v) is 12.1. The van der Waals surface area contributed by atoms with Crippen LogP contribution >= 0.6 is 0 Å². The van der Waals surface area contributed by atoms with Crippen molar-refractivity contribution in [2.75, 3.05) is 0 Å². The van der Waals surface area contributed by atoms with Gasteiger partial charge in [-0.15, -0.1) is 0 Å². The Labute approximate surface area is 128 Å². The summed E-state index contributed by atoms with van der Waals surface area (Å²) in [6, 6.07) is 16.2. The highest BCUT2D eigenvalue weighted by Crippen LogP contribution is 2.34. The summed E-state index contributed by atoms with van der Waals surface area (Å²) in [6.07, 6.45) is 3.60. The van der Waals surface area contributed by atoms with Gasteiger partial charge in [0.25, 0.3) is 0 Å². The van der Waals surface area contributed by atoms with Crippen LogP contribution in [0.4, 0.5) is 5.69 Å². The summed E-state index contributed by atoms with van der Waals surface area (Å²) >= 11 is 0. The van der Waals surface area contributed by atoms with Crippen LogP contribution in [0.2, 0.25) is 0 Å². The smallest absolute Gasteiger partial charge is 0.0987 e. The lowest BCUT2D eigenvalue weighted by atomic mass is 10.1. The lowest BCUT2D eigenvalue weighted by molar-refractivity contribution is 0.824. The van der Waals surface area contributed by atoms with Gasteiger partial charge in [-0.1, -0.05) is 17.7 Å². The fourth-order valence-electron chi connectivity index (χ4n) is 2.58. The average molecular weight is 289 g/mol. The summed E-state index contributed by atoms with van der Waals surface area (Å²) in [6.45, 7) is 2.07. The van der Waals surface area contributed by atoms with Crippen LogP contribution in [0.1, 0.15) is 16.7 Å². The van der Waals surface area contributed by atoms with E-state index in [4.69, 9.17) is 4.99 Å². The fourth-order valence-corrected chi connectivity index (χ4v) is 2.58. The summed E-state index contributed by atoms with van der Waals surface area (Å²) < 4.78 is 0. The summed E-state index contributed by atoms with van der Waals surface area (Å²) in [5.41, 5.74) is 7.05. The summed E-state index contributed by atoms with van der Waals surface area (Å²) in [5.74, 6) is 0. The van der Waals surface area contributed by atoms with E-state index in [0.717, 1.165) is 33.9 Å². The van der Waals surface area contributed by atoms with E-state index in [9.17, 15) is 0 Å². The van der Waals surface area contributed by atoms with Crippen molar-refractivity contribution in [3.63, 3.8) is 0 Å². The van der Waals surface area contributed by atoms with E-state index in [1.165, 1.54) is 5.56 Å². The highest BCUT2D eigenvalue weighted by atomic mass is 16.0. The molecule has 1 aliphatic carbocycles. The van der Waals surface area contributed by atoms with E-state index in [-0.39, 0.29) is 5.48 Å². The SMILES string of the molecule is Cc1ccc(N=C2c3cccnc3-c3ncccc32)cc1.O. The van der Waals surface area contributed by atoms with Crippen molar-refractivity contribution >= 4 is 11.4 Å². The first-order chi connectivity index (χ1) is 10.3. The Morgan fingerprint density at radius 2 is 1.32 bits per heavy atom. The van der Waals surface area contributed by atoms with Gasteiger partial charge in [0, 0.05) is 23.5 Å². The van der Waals surface area contributed by atoms with Gasteiger partial charge in [0.05, 0.1) is 22.8 Å². The van der Waals surface area contributed by atoms with E-state index in [2.05, 4.69) is 41.2 Å². The highest BCUT2D eigenvalue weighted by Gasteiger charge is 2.26. The van der Waals surface area contributed by atoms with Crippen molar-refractivity contribution in [1.29, 1.82) is 0 Å². The molecule has 4 rings (SSSR count). The maximum absolute atomic E-state index is 4.82. The topological polar surface area (TPSA) is 69.6 Å². The lowest BCUT2D eigenvalue weighted by Crippen LogP contribution is -1.97. The number of aryl methyl sites for hydroxylation is 1. The maximum Gasteiger partial charge on any atom is 0.0987 e. The number of fused-ring (bicyclic) bond motifs is 3. The summed E-state index contributed by atoms with van der Waals surface area (Å²) in [7, 11) is 0. The summed E-state index contributed by atoms with van der Waals surface area (Å²) in [5, 5.41) is 0. The molecule has 1 aliphatic rings. The Balaban J connectivity index is 0.00000144. The molecule has 0 atom stereocenters. The molecule has 3 aromatic rings. The van der Waals surface area contributed by atoms with E-state index in [0.29, 0.717) is 0 Å². The van der Waals surface area contributed by atoms with Gasteiger partial charge in [0.1, 0.15) is 0 Å². The largest absolute Gasteiger partial charge is 0.412 e. The van der Waals surface area contributed by atoms with Crippen LogP contribution in [0, 0.1) is 6.92 Å². The molecule has 2 N–H and O–H groups in total. The molecule has 2 heterocycles. The van der Waals surface area contributed by atoms with Crippen molar-refractivity contribution < 1.29 is 5.48 Å². The quantitative estimate of drug-likeness (QED) is 0.540. The number of hydrogen-bond acceptors (Lipinski definition) is 3. The van der Waals surface area contributed by atoms with Gasteiger partial charge in [-0.05, 0) is 43.3 Å². The Hall–Kier alpha value is -2.85. The molecule has 0 unspecified atom stereocenters. The number of aromatic nitrogens is 2. The minimum atomic E-state index is 0. The zero-order chi connectivity index (χ0) is 14.2.